The number of carbonyl (C=O) groups excluding carboxylic acids is 1. The highest BCUT2D eigenvalue weighted by Gasteiger charge is 2.33. The molecule has 1 aliphatic rings. The molecule has 0 saturated carbocycles. The van der Waals surface area contributed by atoms with Crippen LogP contribution in [0, 0.1) is 0 Å². The Kier molecular flexibility index (Phi) is 4.87. The molecule has 0 bridgehead atoms. The molecule has 1 heterocycles. The predicted octanol–water partition coefficient (Wildman–Crippen LogP) is 1.80. The van der Waals surface area contributed by atoms with Gasteiger partial charge in [-0.3, -0.25) is 4.79 Å². The molecule has 0 aliphatic carbocycles. The van der Waals surface area contributed by atoms with E-state index in [9.17, 15) is 13.2 Å². The van der Waals surface area contributed by atoms with Gasteiger partial charge >= 0.3 is 0 Å². The summed E-state index contributed by atoms with van der Waals surface area (Å²) in [5.74, 6) is 0.140. The maximum Gasteiger partial charge on any atom is 0.238 e. The fraction of sp³-hybridized carbons (Fsp3) is 0.500. The normalized spacial score (nSPS) is 15.5. The smallest absolute Gasteiger partial charge is 0.238 e. The van der Waals surface area contributed by atoms with Crippen molar-refractivity contribution in [2.45, 2.75) is 37.0 Å². The molecule has 1 amide bonds. The first kappa shape index (κ1) is 16.9. The number of rotatable bonds is 4. The lowest BCUT2D eigenvalue weighted by molar-refractivity contribution is -0.120. The quantitative estimate of drug-likeness (QED) is 0.898. The van der Waals surface area contributed by atoms with Crippen LogP contribution in [0.5, 0.6) is 11.5 Å². The molecule has 2 rings (SSSR count). The minimum atomic E-state index is -3.93. The Morgan fingerprint density at radius 2 is 1.73 bits per heavy atom. The van der Waals surface area contributed by atoms with Crippen LogP contribution in [0.1, 0.15) is 20.8 Å². The number of halogens is 1. The van der Waals surface area contributed by atoms with Crippen molar-refractivity contribution in [1.82, 2.24) is 5.32 Å². The van der Waals surface area contributed by atoms with Gasteiger partial charge in [0.15, 0.2) is 21.3 Å². The van der Waals surface area contributed by atoms with Gasteiger partial charge in [0.2, 0.25) is 5.91 Å². The molecular weight excluding hydrogens is 330 g/mol. The number of sulfone groups is 1. The van der Waals surface area contributed by atoms with Crippen LogP contribution in [0.3, 0.4) is 0 Å². The van der Waals surface area contributed by atoms with Crippen LogP contribution in [-0.4, -0.2) is 38.8 Å². The summed E-state index contributed by atoms with van der Waals surface area (Å²) in [6, 6.07) is 2.56. The van der Waals surface area contributed by atoms with Gasteiger partial charge in [-0.2, -0.15) is 0 Å². The lowest BCUT2D eigenvalue weighted by Crippen LogP contribution is -2.41. The first-order valence-corrected chi connectivity index (χ1v) is 8.79. The number of ether oxygens (including phenoxy) is 2. The van der Waals surface area contributed by atoms with Crippen molar-refractivity contribution in [2.75, 3.05) is 13.2 Å². The minimum Gasteiger partial charge on any atom is -0.486 e. The van der Waals surface area contributed by atoms with Crippen molar-refractivity contribution in [3.05, 3.63) is 17.2 Å². The molecule has 8 heteroatoms. The molecule has 1 N–H and O–H groups in total. The van der Waals surface area contributed by atoms with Crippen molar-refractivity contribution in [3.63, 3.8) is 0 Å². The van der Waals surface area contributed by atoms with Crippen LogP contribution in [0.4, 0.5) is 0 Å². The molecule has 1 aliphatic heterocycles. The number of hydrogen-bond donors (Lipinski definition) is 1. The van der Waals surface area contributed by atoms with E-state index in [0.717, 1.165) is 0 Å². The first-order chi connectivity index (χ1) is 10.2. The molecule has 122 valence electrons. The minimum absolute atomic E-state index is 0.00782. The summed E-state index contributed by atoms with van der Waals surface area (Å²) in [4.78, 5) is 11.8. The van der Waals surface area contributed by atoms with E-state index in [4.69, 9.17) is 21.1 Å². The second kappa shape index (κ2) is 6.34. The highest BCUT2D eigenvalue weighted by molar-refractivity contribution is 7.92. The molecule has 0 fully saturated rings. The molecular formula is C14H18ClNO5S. The van der Waals surface area contributed by atoms with Crippen molar-refractivity contribution < 1.29 is 22.7 Å². The number of amides is 1. The highest BCUT2D eigenvalue weighted by atomic mass is 35.5. The molecule has 1 atom stereocenters. The van der Waals surface area contributed by atoms with Crippen molar-refractivity contribution in [3.8, 4) is 11.5 Å². The van der Waals surface area contributed by atoms with Gasteiger partial charge in [-0.05, 0) is 20.8 Å². The van der Waals surface area contributed by atoms with Crippen molar-refractivity contribution in [2.24, 2.45) is 0 Å². The second-order valence-electron chi connectivity index (χ2n) is 5.28. The summed E-state index contributed by atoms with van der Waals surface area (Å²) in [6.45, 7) is 5.56. The Labute approximate surface area is 134 Å². The van der Waals surface area contributed by atoms with Crippen molar-refractivity contribution >= 4 is 27.3 Å². The van der Waals surface area contributed by atoms with E-state index < -0.39 is 21.0 Å². The van der Waals surface area contributed by atoms with Gasteiger partial charge in [0.05, 0.1) is 9.92 Å². The summed E-state index contributed by atoms with van der Waals surface area (Å²) < 4.78 is 36.0. The topological polar surface area (TPSA) is 81.7 Å². The largest absolute Gasteiger partial charge is 0.486 e. The van der Waals surface area contributed by atoms with E-state index in [1.165, 1.54) is 19.1 Å². The molecule has 1 aromatic rings. The van der Waals surface area contributed by atoms with E-state index in [1.54, 1.807) is 13.8 Å². The monoisotopic (exact) mass is 347 g/mol. The summed E-state index contributed by atoms with van der Waals surface area (Å²) in [5.41, 5.74) is 0. The lowest BCUT2D eigenvalue weighted by Gasteiger charge is -2.21. The molecule has 0 saturated heterocycles. The van der Waals surface area contributed by atoms with Crippen LogP contribution in [-0.2, 0) is 14.6 Å². The van der Waals surface area contributed by atoms with Gasteiger partial charge in [0, 0.05) is 18.2 Å². The van der Waals surface area contributed by atoms with Crippen LogP contribution in [0.2, 0.25) is 5.02 Å². The molecule has 6 nitrogen and oxygen atoms in total. The third-order valence-electron chi connectivity index (χ3n) is 3.17. The average molecular weight is 348 g/mol. The van der Waals surface area contributed by atoms with Crippen LogP contribution in [0.15, 0.2) is 17.0 Å². The highest BCUT2D eigenvalue weighted by Crippen LogP contribution is 2.38. The number of carbonyl (C=O) groups is 1. The van der Waals surface area contributed by atoms with Crippen LogP contribution < -0.4 is 14.8 Å². The summed E-state index contributed by atoms with van der Waals surface area (Å²) in [7, 11) is -3.93. The Morgan fingerprint density at radius 1 is 1.18 bits per heavy atom. The predicted molar refractivity (Wildman–Crippen MR) is 82.4 cm³/mol. The van der Waals surface area contributed by atoms with E-state index in [2.05, 4.69) is 5.32 Å². The lowest BCUT2D eigenvalue weighted by atomic mass is 10.3. The molecule has 0 radical (unpaired) electrons. The van der Waals surface area contributed by atoms with Gasteiger partial charge in [-0.25, -0.2) is 8.42 Å². The van der Waals surface area contributed by atoms with Crippen molar-refractivity contribution in [1.29, 1.82) is 0 Å². The Morgan fingerprint density at radius 3 is 2.27 bits per heavy atom. The molecule has 0 spiro atoms. The summed E-state index contributed by atoms with van der Waals surface area (Å²) in [6.07, 6.45) is 0. The maximum atomic E-state index is 12.6. The Balaban J connectivity index is 2.39. The molecule has 1 aromatic carbocycles. The molecule has 0 unspecified atom stereocenters. The standard InChI is InChI=1S/C14H18ClNO5S/c1-8(2)16-14(17)9(3)22(18,19)13-7-12-11(6-10(13)15)20-4-5-21-12/h6-9H,4-5H2,1-3H3,(H,16,17)/t9-/m0/s1. The van der Waals surface area contributed by atoms with Crippen LogP contribution in [0.25, 0.3) is 0 Å². The third-order valence-corrected chi connectivity index (χ3v) is 5.69. The number of hydrogen-bond acceptors (Lipinski definition) is 5. The maximum absolute atomic E-state index is 12.6. The number of fused-ring (bicyclic) bond motifs is 1. The third kappa shape index (κ3) is 3.30. The second-order valence-corrected chi connectivity index (χ2v) is 7.92. The Bertz CT molecular complexity index is 687. The van der Waals surface area contributed by atoms with E-state index in [1.807, 2.05) is 0 Å². The summed E-state index contributed by atoms with van der Waals surface area (Å²) >= 11 is 6.05. The van der Waals surface area contributed by atoms with Gasteiger partial charge < -0.3 is 14.8 Å². The van der Waals surface area contributed by atoms with E-state index >= 15 is 0 Å². The molecule has 0 aromatic heterocycles. The van der Waals surface area contributed by atoms with Gasteiger partial charge in [0.25, 0.3) is 0 Å². The Hall–Kier alpha value is -1.47. The zero-order valence-electron chi connectivity index (χ0n) is 12.6. The van der Waals surface area contributed by atoms with Gasteiger partial charge in [0.1, 0.15) is 18.5 Å². The zero-order valence-corrected chi connectivity index (χ0v) is 14.1. The number of nitrogens with one attached hydrogen (secondary N) is 1. The zero-order chi connectivity index (χ0) is 16.5. The average Bonchev–Trinajstić information content (AvgIpc) is 2.44. The molecule has 22 heavy (non-hydrogen) atoms. The van der Waals surface area contributed by atoms with E-state index in [0.29, 0.717) is 24.7 Å². The fourth-order valence-electron chi connectivity index (χ4n) is 2.00. The van der Waals surface area contributed by atoms with E-state index in [-0.39, 0.29) is 16.0 Å². The van der Waals surface area contributed by atoms with Crippen LogP contribution >= 0.6 is 11.6 Å². The fourth-order valence-corrected chi connectivity index (χ4v) is 3.81. The van der Waals surface area contributed by atoms with Gasteiger partial charge in [-0.15, -0.1) is 0 Å². The summed E-state index contributed by atoms with van der Waals surface area (Å²) in [5, 5.41) is 1.34. The number of benzene rings is 1. The van der Waals surface area contributed by atoms with Gasteiger partial charge in [-0.1, -0.05) is 11.6 Å². The first-order valence-electron chi connectivity index (χ1n) is 6.87. The SMILES string of the molecule is CC(C)NC(=O)[C@H](C)S(=O)(=O)c1cc2c(cc1Cl)OCCO2.